The monoisotopic (exact) mass is 708 g/mol. The van der Waals surface area contributed by atoms with E-state index in [1.54, 1.807) is 55.5 Å². The van der Waals surface area contributed by atoms with Crippen molar-refractivity contribution in [1.82, 2.24) is 4.57 Å². The van der Waals surface area contributed by atoms with E-state index < -0.39 is 38.8 Å². The number of ether oxygens (including phenoxy) is 4. The SMILES string of the molecule is CCOC(=O)C1=C(c2ccccc2)N=c2s/c(=C\c3ccc(Oc4ccc([N+](=O)[O-])cc4[N+](=O)[O-])cc3)c(=O)n2[C@H]1c1ccc(OC)c(OC)c1. The normalized spacial score (nSPS) is 13.9. The van der Waals surface area contributed by atoms with Crippen LogP contribution in [0.3, 0.4) is 0 Å². The number of hydrogen-bond acceptors (Lipinski definition) is 12. The number of non-ortho nitro benzene ring substituents is 1. The van der Waals surface area contributed by atoms with Crippen LogP contribution in [0.5, 0.6) is 23.0 Å². The Morgan fingerprint density at radius 2 is 1.61 bits per heavy atom. The van der Waals surface area contributed by atoms with E-state index in [1.807, 2.05) is 30.3 Å². The molecule has 4 aromatic carbocycles. The molecule has 0 fully saturated rings. The predicted molar refractivity (Wildman–Crippen MR) is 187 cm³/mol. The summed E-state index contributed by atoms with van der Waals surface area (Å²) in [5.41, 5.74) is 0.955. The average molecular weight is 709 g/mol. The van der Waals surface area contributed by atoms with Crippen molar-refractivity contribution in [3.05, 3.63) is 153 Å². The Hall–Kier alpha value is -6.61. The highest BCUT2D eigenvalue weighted by Crippen LogP contribution is 2.39. The summed E-state index contributed by atoms with van der Waals surface area (Å²) in [5, 5.41) is 22.6. The zero-order valence-electron chi connectivity index (χ0n) is 27.3. The molecule has 0 radical (unpaired) electrons. The van der Waals surface area contributed by atoms with Gasteiger partial charge >= 0.3 is 11.7 Å². The van der Waals surface area contributed by atoms with Gasteiger partial charge in [-0.25, -0.2) is 9.79 Å². The second-order valence-electron chi connectivity index (χ2n) is 10.9. The van der Waals surface area contributed by atoms with Gasteiger partial charge in [-0.15, -0.1) is 0 Å². The van der Waals surface area contributed by atoms with Gasteiger partial charge in [-0.05, 0) is 54.5 Å². The summed E-state index contributed by atoms with van der Waals surface area (Å²) in [4.78, 5) is 54.3. The summed E-state index contributed by atoms with van der Waals surface area (Å²) >= 11 is 1.14. The molecule has 1 atom stereocenters. The Balaban J connectivity index is 1.46. The van der Waals surface area contributed by atoms with Crippen LogP contribution in [0.15, 0.2) is 106 Å². The fourth-order valence-corrected chi connectivity index (χ4v) is 6.54. The lowest BCUT2D eigenvalue weighted by Crippen LogP contribution is -2.40. The number of hydrogen-bond donors (Lipinski definition) is 0. The average Bonchev–Trinajstić information content (AvgIpc) is 3.45. The van der Waals surface area contributed by atoms with E-state index in [1.165, 1.54) is 18.8 Å². The van der Waals surface area contributed by atoms with Gasteiger partial charge in [-0.3, -0.25) is 29.6 Å². The summed E-state index contributed by atoms with van der Waals surface area (Å²) < 4.78 is 24.0. The molecular weight excluding hydrogens is 680 g/mol. The summed E-state index contributed by atoms with van der Waals surface area (Å²) in [6, 6.07) is 22.9. The third-order valence-electron chi connectivity index (χ3n) is 7.85. The number of carbonyl (C=O) groups excluding carboxylic acids is 1. The topological polar surface area (TPSA) is 175 Å². The third-order valence-corrected chi connectivity index (χ3v) is 8.84. The molecule has 0 N–H and O–H groups in total. The first kappa shape index (κ1) is 34.3. The van der Waals surface area contributed by atoms with Crippen LogP contribution in [0.4, 0.5) is 11.4 Å². The van der Waals surface area contributed by atoms with Crippen LogP contribution in [-0.2, 0) is 9.53 Å². The summed E-state index contributed by atoms with van der Waals surface area (Å²) in [5.74, 6) is 0.297. The van der Waals surface area contributed by atoms with Crippen LogP contribution in [-0.4, -0.2) is 41.2 Å². The quantitative estimate of drug-likeness (QED) is 0.0960. The van der Waals surface area contributed by atoms with E-state index in [0.717, 1.165) is 29.5 Å². The fourth-order valence-electron chi connectivity index (χ4n) is 5.54. The molecule has 51 heavy (non-hydrogen) atoms. The zero-order chi connectivity index (χ0) is 36.2. The molecule has 0 spiro atoms. The van der Waals surface area contributed by atoms with E-state index in [9.17, 15) is 29.8 Å². The number of aromatic nitrogens is 1. The zero-order valence-corrected chi connectivity index (χ0v) is 28.1. The van der Waals surface area contributed by atoms with E-state index in [0.29, 0.717) is 43.2 Å². The van der Waals surface area contributed by atoms with Gasteiger partial charge in [0.25, 0.3) is 11.2 Å². The fraction of sp³-hybridized carbons (Fsp3) is 0.139. The Kier molecular flexibility index (Phi) is 9.72. The van der Waals surface area contributed by atoms with E-state index >= 15 is 0 Å². The van der Waals surface area contributed by atoms with Gasteiger partial charge in [0.1, 0.15) is 5.75 Å². The largest absolute Gasteiger partial charge is 0.493 e. The maximum atomic E-state index is 14.2. The molecule has 0 saturated carbocycles. The molecule has 1 aliphatic heterocycles. The van der Waals surface area contributed by atoms with Crippen molar-refractivity contribution in [2.45, 2.75) is 13.0 Å². The molecule has 0 aliphatic carbocycles. The lowest BCUT2D eigenvalue weighted by atomic mass is 9.93. The molecule has 0 bridgehead atoms. The Labute approximate surface area is 293 Å². The van der Waals surface area contributed by atoms with Crippen LogP contribution in [0, 0.1) is 20.2 Å². The van der Waals surface area contributed by atoms with Gasteiger partial charge in [-0.2, -0.15) is 0 Å². The van der Waals surface area contributed by atoms with Crippen molar-refractivity contribution >= 4 is 40.5 Å². The number of nitrogens with zero attached hydrogens (tertiary/aromatic N) is 4. The van der Waals surface area contributed by atoms with Gasteiger partial charge in [0.2, 0.25) is 5.75 Å². The first-order chi connectivity index (χ1) is 24.6. The van der Waals surface area contributed by atoms with Crippen LogP contribution < -0.4 is 29.1 Å². The predicted octanol–water partition coefficient (Wildman–Crippen LogP) is 5.56. The van der Waals surface area contributed by atoms with Crippen LogP contribution in [0.2, 0.25) is 0 Å². The Morgan fingerprint density at radius 3 is 2.25 bits per heavy atom. The highest BCUT2D eigenvalue weighted by Gasteiger charge is 2.35. The maximum Gasteiger partial charge on any atom is 0.338 e. The van der Waals surface area contributed by atoms with E-state index in [-0.39, 0.29) is 23.7 Å². The molecule has 1 aromatic heterocycles. The highest BCUT2D eigenvalue weighted by molar-refractivity contribution is 7.07. The van der Waals surface area contributed by atoms with Crippen molar-refractivity contribution in [2.75, 3.05) is 20.8 Å². The molecule has 0 saturated heterocycles. The Bertz CT molecular complexity index is 2390. The molecule has 0 amide bonds. The number of fused-ring (bicyclic) bond motifs is 1. The number of carbonyl (C=O) groups is 1. The van der Waals surface area contributed by atoms with Crippen LogP contribution in [0.1, 0.15) is 29.7 Å². The van der Waals surface area contributed by atoms with Gasteiger partial charge in [0, 0.05) is 11.6 Å². The minimum Gasteiger partial charge on any atom is -0.493 e. The Morgan fingerprint density at radius 1 is 0.902 bits per heavy atom. The molecule has 258 valence electrons. The molecule has 5 aromatic rings. The van der Waals surface area contributed by atoms with E-state index in [2.05, 4.69) is 0 Å². The number of benzene rings is 4. The maximum absolute atomic E-state index is 14.2. The molecule has 0 unspecified atom stereocenters. The standard InChI is InChI=1S/C36H28N4O10S/c1-4-49-35(42)31-32(22-8-6-5-7-9-22)37-36-38(33(31)23-12-16-28(47-2)29(19-23)48-3)34(41)30(51-36)18-21-10-14-25(15-11-21)50-27-17-13-24(39(43)44)20-26(27)40(45)46/h5-20,33H,4H2,1-3H3/b30-18-/t33-/m0/s1. The van der Waals surface area contributed by atoms with Crippen LogP contribution in [0.25, 0.3) is 11.8 Å². The first-order valence-corrected chi connectivity index (χ1v) is 16.2. The summed E-state index contributed by atoms with van der Waals surface area (Å²) in [6.45, 7) is 1.80. The summed E-state index contributed by atoms with van der Waals surface area (Å²) in [7, 11) is 3.00. The molecule has 1 aliphatic rings. The molecule has 2 heterocycles. The number of esters is 1. The minimum absolute atomic E-state index is 0.102. The van der Waals surface area contributed by atoms with Crippen molar-refractivity contribution in [2.24, 2.45) is 4.99 Å². The van der Waals surface area contributed by atoms with E-state index in [4.69, 9.17) is 23.9 Å². The third kappa shape index (κ3) is 6.82. The van der Waals surface area contributed by atoms with Crippen molar-refractivity contribution in [1.29, 1.82) is 0 Å². The lowest BCUT2D eigenvalue weighted by molar-refractivity contribution is -0.394. The highest BCUT2D eigenvalue weighted by atomic mass is 32.1. The van der Waals surface area contributed by atoms with Gasteiger partial charge in [0.15, 0.2) is 16.3 Å². The van der Waals surface area contributed by atoms with Gasteiger partial charge in [0.05, 0.1) is 58.6 Å². The van der Waals surface area contributed by atoms with Gasteiger partial charge < -0.3 is 18.9 Å². The second-order valence-corrected chi connectivity index (χ2v) is 11.9. The number of rotatable bonds is 11. The number of thiazole rings is 1. The van der Waals surface area contributed by atoms with Crippen molar-refractivity contribution in [3.63, 3.8) is 0 Å². The number of methoxy groups -OCH3 is 2. The second kappa shape index (κ2) is 14.5. The van der Waals surface area contributed by atoms with Crippen molar-refractivity contribution < 1.29 is 33.6 Å². The lowest BCUT2D eigenvalue weighted by Gasteiger charge is -2.26. The smallest absolute Gasteiger partial charge is 0.338 e. The molecule has 6 rings (SSSR count). The van der Waals surface area contributed by atoms with Gasteiger partial charge in [-0.1, -0.05) is 59.9 Å². The summed E-state index contributed by atoms with van der Waals surface area (Å²) in [6.07, 6.45) is 1.66. The molecule has 15 heteroatoms. The number of nitro benzene ring substituents is 2. The molecular formula is C36H28N4O10S. The first-order valence-electron chi connectivity index (χ1n) is 15.3. The minimum atomic E-state index is -0.939. The van der Waals surface area contributed by atoms with Crippen LogP contribution >= 0.6 is 11.3 Å². The van der Waals surface area contributed by atoms with Crippen molar-refractivity contribution in [3.8, 4) is 23.0 Å². The number of nitro groups is 2. The molecule has 14 nitrogen and oxygen atoms in total.